The number of halogens is 1. The van der Waals surface area contributed by atoms with E-state index in [4.69, 9.17) is 17.3 Å². The molecule has 1 heterocycles. The quantitative estimate of drug-likeness (QED) is 0.383. The number of thioether (sulfide) groups is 1. The van der Waals surface area contributed by atoms with Crippen LogP contribution in [0.25, 0.3) is 22.0 Å². The first kappa shape index (κ1) is 16.8. The van der Waals surface area contributed by atoms with E-state index in [0.717, 1.165) is 32.8 Å². The average molecular weight is 357 g/mol. The Kier molecular flexibility index (Phi) is 4.78. The summed E-state index contributed by atoms with van der Waals surface area (Å²) < 4.78 is 0. The van der Waals surface area contributed by atoms with E-state index in [0.29, 0.717) is 16.3 Å². The molecule has 122 valence electrons. The van der Waals surface area contributed by atoms with Crippen molar-refractivity contribution < 1.29 is 4.79 Å². The normalized spacial score (nSPS) is 11.0. The van der Waals surface area contributed by atoms with E-state index >= 15 is 0 Å². The molecule has 0 amide bonds. The van der Waals surface area contributed by atoms with E-state index in [1.807, 2.05) is 49.4 Å². The van der Waals surface area contributed by atoms with Crippen molar-refractivity contribution in [1.29, 1.82) is 0 Å². The number of carbonyl (C=O) groups excluding carboxylic acids is 1. The summed E-state index contributed by atoms with van der Waals surface area (Å²) in [6.07, 6.45) is 0. The second kappa shape index (κ2) is 6.83. The number of nitrogens with zero attached hydrogens (tertiary/aromatic N) is 1. The van der Waals surface area contributed by atoms with Crippen molar-refractivity contribution in [3.63, 3.8) is 0 Å². The van der Waals surface area contributed by atoms with Gasteiger partial charge in [0.25, 0.3) is 0 Å². The van der Waals surface area contributed by atoms with E-state index in [1.165, 1.54) is 0 Å². The van der Waals surface area contributed by atoms with Crippen LogP contribution in [0.3, 0.4) is 0 Å². The molecule has 1 aromatic heterocycles. The van der Waals surface area contributed by atoms with Crippen LogP contribution in [0.2, 0.25) is 5.02 Å². The van der Waals surface area contributed by atoms with Crippen molar-refractivity contribution in [1.82, 2.24) is 4.98 Å². The van der Waals surface area contributed by atoms with E-state index in [1.54, 1.807) is 18.7 Å². The molecule has 0 unspecified atom stereocenters. The molecule has 5 heteroatoms. The molecule has 0 aliphatic rings. The number of rotatable bonds is 4. The van der Waals surface area contributed by atoms with E-state index < -0.39 is 0 Å². The topological polar surface area (TPSA) is 56.0 Å². The fourth-order valence-corrected chi connectivity index (χ4v) is 3.88. The highest BCUT2D eigenvalue weighted by atomic mass is 35.5. The zero-order valence-corrected chi connectivity index (χ0v) is 15.0. The largest absolute Gasteiger partial charge is 0.398 e. The zero-order chi connectivity index (χ0) is 17.3. The molecule has 0 saturated carbocycles. The minimum atomic E-state index is -0.0430. The number of aromatic nitrogens is 1. The minimum Gasteiger partial charge on any atom is -0.398 e. The lowest BCUT2D eigenvalue weighted by Crippen LogP contribution is -2.05. The van der Waals surface area contributed by atoms with Crippen LogP contribution in [-0.4, -0.2) is 16.5 Å². The number of hydrogen-bond acceptors (Lipinski definition) is 4. The van der Waals surface area contributed by atoms with Crippen molar-refractivity contribution in [2.75, 3.05) is 11.5 Å². The number of hydrogen-bond donors (Lipinski definition) is 1. The van der Waals surface area contributed by atoms with Crippen LogP contribution in [-0.2, 0) is 0 Å². The van der Waals surface area contributed by atoms with Crippen LogP contribution in [0, 0.1) is 0 Å². The molecular weight excluding hydrogens is 340 g/mol. The fourth-order valence-electron chi connectivity index (χ4n) is 2.82. The van der Waals surface area contributed by atoms with Crippen molar-refractivity contribution >= 4 is 45.7 Å². The van der Waals surface area contributed by atoms with Crippen LogP contribution in [0.15, 0.2) is 47.5 Å². The monoisotopic (exact) mass is 356 g/mol. The van der Waals surface area contributed by atoms with Gasteiger partial charge in [-0.2, -0.15) is 0 Å². The third kappa shape index (κ3) is 2.87. The summed E-state index contributed by atoms with van der Waals surface area (Å²) in [5.41, 5.74) is 9.75. The Morgan fingerprint density at radius 1 is 1.21 bits per heavy atom. The van der Waals surface area contributed by atoms with Gasteiger partial charge in [0.1, 0.15) is 5.03 Å². The number of pyridine rings is 1. The van der Waals surface area contributed by atoms with Crippen LogP contribution in [0.1, 0.15) is 24.2 Å². The van der Waals surface area contributed by atoms with Crippen molar-refractivity contribution in [2.24, 2.45) is 0 Å². The van der Waals surface area contributed by atoms with Gasteiger partial charge in [-0.05, 0) is 30.9 Å². The van der Waals surface area contributed by atoms with Gasteiger partial charge in [0.2, 0.25) is 0 Å². The summed E-state index contributed by atoms with van der Waals surface area (Å²) >= 11 is 7.99. The predicted octanol–water partition coefficient (Wildman–Crippen LogP) is 5.45. The Hall–Kier alpha value is -2.04. The molecule has 0 radical (unpaired) electrons. The van der Waals surface area contributed by atoms with Crippen LogP contribution in [0.5, 0.6) is 0 Å². The highest BCUT2D eigenvalue weighted by Gasteiger charge is 2.22. The van der Waals surface area contributed by atoms with Gasteiger partial charge >= 0.3 is 0 Å². The van der Waals surface area contributed by atoms with Gasteiger partial charge in [-0.3, -0.25) is 4.79 Å². The third-order valence-electron chi connectivity index (χ3n) is 3.79. The Balaban J connectivity index is 2.54. The Labute approximate surface area is 150 Å². The standard InChI is InChI=1S/C19H17ClN2OS/c1-3-24-19-16(11(2)23)17(12-7-4-5-8-13(12)20)18-14(21)9-6-10-15(18)22-19/h4-10H,3,21H2,1-2H3. The van der Waals surface area contributed by atoms with Crippen molar-refractivity contribution in [3.8, 4) is 11.1 Å². The van der Waals surface area contributed by atoms with Crippen molar-refractivity contribution in [2.45, 2.75) is 18.9 Å². The number of benzene rings is 2. The third-order valence-corrected chi connectivity index (χ3v) is 4.97. The molecule has 0 saturated heterocycles. The number of Topliss-reactive ketones (excluding diaryl/α,β-unsaturated/α-hetero) is 1. The minimum absolute atomic E-state index is 0.0430. The maximum Gasteiger partial charge on any atom is 0.163 e. The first-order valence-corrected chi connectivity index (χ1v) is 9.01. The van der Waals surface area contributed by atoms with Crippen molar-refractivity contribution in [3.05, 3.63) is 53.1 Å². The second-order valence-electron chi connectivity index (χ2n) is 5.38. The van der Waals surface area contributed by atoms with E-state index in [9.17, 15) is 4.79 Å². The van der Waals surface area contributed by atoms with Gasteiger partial charge in [-0.25, -0.2) is 4.98 Å². The smallest absolute Gasteiger partial charge is 0.163 e. The Morgan fingerprint density at radius 2 is 1.96 bits per heavy atom. The molecule has 0 spiro atoms. The molecule has 0 aliphatic carbocycles. The summed E-state index contributed by atoms with van der Waals surface area (Å²) in [6, 6.07) is 13.1. The lowest BCUT2D eigenvalue weighted by Gasteiger charge is -2.17. The lowest BCUT2D eigenvalue weighted by molar-refractivity contribution is 0.101. The SMILES string of the molecule is CCSc1nc2cccc(N)c2c(-c2ccccc2Cl)c1C(C)=O. The highest BCUT2D eigenvalue weighted by Crippen LogP contribution is 2.41. The molecule has 0 aliphatic heterocycles. The van der Waals surface area contributed by atoms with E-state index in [2.05, 4.69) is 4.98 Å². The molecule has 2 aromatic carbocycles. The van der Waals surface area contributed by atoms with Gasteiger partial charge in [0.15, 0.2) is 5.78 Å². The first-order valence-electron chi connectivity index (χ1n) is 7.65. The Morgan fingerprint density at radius 3 is 2.62 bits per heavy atom. The first-order chi connectivity index (χ1) is 11.5. The molecule has 0 fully saturated rings. The van der Waals surface area contributed by atoms with Gasteiger partial charge in [-0.1, -0.05) is 42.8 Å². The second-order valence-corrected chi connectivity index (χ2v) is 7.04. The summed E-state index contributed by atoms with van der Waals surface area (Å²) in [6.45, 7) is 3.59. The molecule has 3 aromatic rings. The predicted molar refractivity (Wildman–Crippen MR) is 103 cm³/mol. The maximum atomic E-state index is 12.5. The molecule has 0 bridgehead atoms. The van der Waals surface area contributed by atoms with Gasteiger partial charge < -0.3 is 5.73 Å². The zero-order valence-electron chi connectivity index (χ0n) is 13.5. The van der Waals surface area contributed by atoms with Gasteiger partial charge in [0.05, 0.1) is 11.1 Å². The average Bonchev–Trinajstić information content (AvgIpc) is 2.54. The number of nitrogen functional groups attached to an aromatic ring is 1. The summed E-state index contributed by atoms with van der Waals surface area (Å²) in [5.74, 6) is 0.779. The van der Waals surface area contributed by atoms with Crippen LogP contribution >= 0.6 is 23.4 Å². The number of fused-ring (bicyclic) bond motifs is 1. The number of anilines is 1. The number of ketones is 1. The molecule has 0 atom stereocenters. The summed E-state index contributed by atoms with van der Waals surface area (Å²) in [4.78, 5) is 17.1. The van der Waals surface area contributed by atoms with Crippen LogP contribution in [0.4, 0.5) is 5.69 Å². The molecule has 2 N–H and O–H groups in total. The number of carbonyl (C=O) groups is 1. The highest BCUT2D eigenvalue weighted by molar-refractivity contribution is 7.99. The lowest BCUT2D eigenvalue weighted by atomic mass is 9.94. The number of nitrogens with two attached hydrogens (primary N) is 1. The summed E-state index contributed by atoms with van der Waals surface area (Å²) in [7, 11) is 0. The molecule has 3 nitrogen and oxygen atoms in total. The van der Waals surface area contributed by atoms with Gasteiger partial charge in [-0.15, -0.1) is 11.8 Å². The molecular formula is C19H17ClN2OS. The molecule has 3 rings (SSSR count). The molecule has 24 heavy (non-hydrogen) atoms. The maximum absolute atomic E-state index is 12.5. The van der Waals surface area contributed by atoms with Crippen LogP contribution < -0.4 is 5.73 Å². The summed E-state index contributed by atoms with van der Waals surface area (Å²) in [5, 5.41) is 2.08. The van der Waals surface area contributed by atoms with E-state index in [-0.39, 0.29) is 5.78 Å². The Bertz CT molecular complexity index is 940. The van der Waals surface area contributed by atoms with Gasteiger partial charge in [0, 0.05) is 27.2 Å². The fraction of sp³-hybridized carbons (Fsp3) is 0.158.